The van der Waals surface area contributed by atoms with Gasteiger partial charge in [0, 0.05) is 33.2 Å². The van der Waals surface area contributed by atoms with Crippen molar-refractivity contribution < 1.29 is 9.18 Å². The van der Waals surface area contributed by atoms with Crippen LogP contribution in [0.25, 0.3) is 0 Å². The Morgan fingerprint density at radius 1 is 1.38 bits per heavy atom. The van der Waals surface area contributed by atoms with E-state index in [9.17, 15) is 9.18 Å². The number of likely N-dealkylation sites (N-methyl/N-ethyl adjacent to an activating group) is 1. The Labute approximate surface area is 159 Å². The Hall–Kier alpha value is -1.38. The Kier molecular flexibility index (Phi) is 6.42. The van der Waals surface area contributed by atoms with Crippen LogP contribution in [0.4, 0.5) is 4.39 Å². The van der Waals surface area contributed by atoms with Gasteiger partial charge >= 0.3 is 0 Å². The summed E-state index contributed by atoms with van der Waals surface area (Å²) in [5, 5.41) is 3.41. The Balaban J connectivity index is 0.00000208. The number of amides is 1. The summed E-state index contributed by atoms with van der Waals surface area (Å²) in [5.74, 6) is 0.531. The minimum Gasteiger partial charge on any atom is -0.353 e. The van der Waals surface area contributed by atoms with E-state index in [2.05, 4.69) is 15.2 Å². The molecule has 1 aliphatic carbocycles. The molecule has 0 radical (unpaired) electrons. The van der Waals surface area contributed by atoms with Crippen molar-refractivity contribution in [2.75, 3.05) is 27.2 Å². The van der Waals surface area contributed by atoms with Crippen LogP contribution in [0.1, 0.15) is 24.0 Å². The van der Waals surface area contributed by atoms with Gasteiger partial charge in [0.2, 0.25) is 5.91 Å². The van der Waals surface area contributed by atoms with Crippen molar-refractivity contribution >= 4 is 35.8 Å². The lowest BCUT2D eigenvalue weighted by atomic mass is 10.00. The van der Waals surface area contributed by atoms with Gasteiger partial charge < -0.3 is 15.1 Å². The molecule has 0 unspecified atom stereocenters. The number of rotatable bonds is 3. The van der Waals surface area contributed by atoms with Crippen molar-refractivity contribution in [2.24, 2.45) is 4.99 Å². The van der Waals surface area contributed by atoms with Crippen LogP contribution in [-0.2, 0) is 17.8 Å². The molecule has 0 saturated heterocycles. The van der Waals surface area contributed by atoms with Crippen molar-refractivity contribution in [3.05, 3.63) is 35.1 Å². The first-order chi connectivity index (χ1) is 11.0. The van der Waals surface area contributed by atoms with E-state index >= 15 is 0 Å². The number of benzene rings is 1. The number of nitrogens with zero attached hydrogens (tertiary/aromatic N) is 3. The van der Waals surface area contributed by atoms with Crippen LogP contribution >= 0.6 is 24.0 Å². The molecule has 1 aliphatic heterocycles. The summed E-state index contributed by atoms with van der Waals surface area (Å²) in [6.45, 7) is 1.59. The molecule has 1 heterocycles. The van der Waals surface area contributed by atoms with Crippen molar-refractivity contribution in [1.82, 2.24) is 15.1 Å². The molecule has 1 fully saturated rings. The lowest BCUT2D eigenvalue weighted by molar-refractivity contribution is -0.127. The molecule has 1 aromatic carbocycles. The molecule has 0 atom stereocenters. The molecule has 0 aromatic heterocycles. The van der Waals surface area contributed by atoms with Crippen molar-refractivity contribution in [2.45, 2.75) is 31.8 Å². The highest BCUT2D eigenvalue weighted by Gasteiger charge is 2.27. The van der Waals surface area contributed by atoms with Gasteiger partial charge in [-0.1, -0.05) is 6.07 Å². The first-order valence-electron chi connectivity index (χ1n) is 8.06. The number of guanidine groups is 1. The van der Waals surface area contributed by atoms with E-state index in [4.69, 9.17) is 0 Å². The largest absolute Gasteiger partial charge is 0.353 e. The smallest absolute Gasteiger partial charge is 0.243 e. The lowest BCUT2D eigenvalue weighted by Gasteiger charge is -2.32. The van der Waals surface area contributed by atoms with Crippen LogP contribution in [0.2, 0.25) is 0 Å². The molecule has 132 valence electrons. The van der Waals surface area contributed by atoms with E-state index in [1.54, 1.807) is 25.1 Å². The summed E-state index contributed by atoms with van der Waals surface area (Å²) < 4.78 is 13.5. The maximum atomic E-state index is 13.5. The van der Waals surface area contributed by atoms with Gasteiger partial charge in [-0.3, -0.25) is 4.79 Å². The molecule has 0 bridgehead atoms. The minimum absolute atomic E-state index is 0. The molecule has 24 heavy (non-hydrogen) atoms. The highest BCUT2D eigenvalue weighted by atomic mass is 127. The number of halogens is 2. The van der Waals surface area contributed by atoms with E-state index in [1.165, 1.54) is 11.6 Å². The fourth-order valence-corrected chi connectivity index (χ4v) is 2.64. The standard InChI is InChI=1S/C17H23FN4O.HI/c1-21(2)16(23)10-19-17(20-15-5-6-15)22-8-7-12-3-4-14(18)9-13(12)11-22;/h3-4,9,15H,5-8,10-11H2,1-2H3,(H,19,20);1H. The predicted molar refractivity (Wildman–Crippen MR) is 103 cm³/mol. The number of hydrogen-bond acceptors (Lipinski definition) is 2. The summed E-state index contributed by atoms with van der Waals surface area (Å²) in [6, 6.07) is 5.43. The molecule has 0 spiro atoms. The summed E-state index contributed by atoms with van der Waals surface area (Å²) in [7, 11) is 3.46. The van der Waals surface area contributed by atoms with Gasteiger partial charge in [-0.05, 0) is 42.5 Å². The van der Waals surface area contributed by atoms with Crippen LogP contribution < -0.4 is 5.32 Å². The third-order valence-corrected chi connectivity index (χ3v) is 4.25. The molecule has 1 saturated carbocycles. The zero-order valence-corrected chi connectivity index (χ0v) is 16.4. The average Bonchev–Trinajstić information content (AvgIpc) is 3.34. The summed E-state index contributed by atoms with van der Waals surface area (Å²) in [5.41, 5.74) is 2.19. The first kappa shape index (κ1) is 19.0. The average molecular weight is 446 g/mol. The monoisotopic (exact) mass is 446 g/mol. The van der Waals surface area contributed by atoms with Crippen LogP contribution in [0.3, 0.4) is 0 Å². The van der Waals surface area contributed by atoms with Crippen molar-refractivity contribution in [3.8, 4) is 0 Å². The summed E-state index contributed by atoms with van der Waals surface area (Å²) >= 11 is 0. The maximum Gasteiger partial charge on any atom is 0.243 e. The highest BCUT2D eigenvalue weighted by molar-refractivity contribution is 14.0. The van der Waals surface area contributed by atoms with Crippen LogP contribution in [0.15, 0.2) is 23.2 Å². The molecule has 1 N–H and O–H groups in total. The van der Waals surface area contributed by atoms with Gasteiger partial charge in [-0.15, -0.1) is 24.0 Å². The maximum absolute atomic E-state index is 13.5. The number of nitrogens with one attached hydrogen (secondary N) is 1. The normalized spacial score (nSPS) is 17.0. The molecule has 7 heteroatoms. The second kappa shape index (κ2) is 8.13. The first-order valence-corrected chi connectivity index (χ1v) is 8.06. The van der Waals surface area contributed by atoms with Crippen LogP contribution in [0.5, 0.6) is 0 Å². The zero-order valence-electron chi connectivity index (χ0n) is 14.1. The van der Waals surface area contributed by atoms with Gasteiger partial charge in [0.15, 0.2) is 5.96 Å². The number of fused-ring (bicyclic) bond motifs is 1. The predicted octanol–water partition coefficient (Wildman–Crippen LogP) is 2.00. The van der Waals surface area contributed by atoms with Gasteiger partial charge in [0.25, 0.3) is 0 Å². The third kappa shape index (κ3) is 4.81. The van der Waals surface area contributed by atoms with Crippen molar-refractivity contribution in [1.29, 1.82) is 0 Å². The number of hydrogen-bond donors (Lipinski definition) is 1. The zero-order chi connectivity index (χ0) is 16.4. The molecule has 1 amide bonds. The molecular formula is C17H24FIN4O. The van der Waals surface area contributed by atoms with Gasteiger partial charge in [-0.25, -0.2) is 9.38 Å². The van der Waals surface area contributed by atoms with Crippen LogP contribution in [-0.4, -0.2) is 54.9 Å². The topological polar surface area (TPSA) is 47.9 Å². The van der Waals surface area contributed by atoms with Gasteiger partial charge in [0.1, 0.15) is 12.4 Å². The Morgan fingerprint density at radius 3 is 2.79 bits per heavy atom. The molecule has 3 rings (SSSR count). The van der Waals surface area contributed by atoms with Gasteiger partial charge in [-0.2, -0.15) is 0 Å². The minimum atomic E-state index is -0.206. The summed E-state index contributed by atoms with van der Waals surface area (Å²) in [4.78, 5) is 19.9. The molecule has 5 nitrogen and oxygen atoms in total. The van der Waals surface area contributed by atoms with E-state index in [-0.39, 0.29) is 42.2 Å². The van der Waals surface area contributed by atoms with E-state index in [0.29, 0.717) is 12.6 Å². The number of aliphatic imine (C=N–C) groups is 1. The Morgan fingerprint density at radius 2 is 2.12 bits per heavy atom. The molecule has 1 aromatic rings. The fraction of sp³-hybridized carbons (Fsp3) is 0.529. The quantitative estimate of drug-likeness (QED) is 0.439. The van der Waals surface area contributed by atoms with E-state index in [0.717, 1.165) is 37.3 Å². The second-order valence-electron chi connectivity index (χ2n) is 6.43. The highest BCUT2D eigenvalue weighted by Crippen LogP contribution is 2.22. The molecule has 2 aliphatic rings. The van der Waals surface area contributed by atoms with Crippen molar-refractivity contribution in [3.63, 3.8) is 0 Å². The third-order valence-electron chi connectivity index (χ3n) is 4.25. The van der Waals surface area contributed by atoms with E-state index < -0.39 is 0 Å². The van der Waals surface area contributed by atoms with Gasteiger partial charge in [0.05, 0.1) is 0 Å². The summed E-state index contributed by atoms with van der Waals surface area (Å²) in [6.07, 6.45) is 3.14. The number of carbonyl (C=O) groups excluding carboxylic acids is 1. The molecular weight excluding hydrogens is 422 g/mol. The lowest BCUT2D eigenvalue weighted by Crippen LogP contribution is -2.45. The van der Waals surface area contributed by atoms with E-state index in [1.807, 2.05) is 6.07 Å². The fourth-order valence-electron chi connectivity index (χ4n) is 2.64. The second-order valence-corrected chi connectivity index (χ2v) is 6.43. The number of carbonyl (C=O) groups is 1. The van der Waals surface area contributed by atoms with Crippen LogP contribution in [0, 0.1) is 5.82 Å². The SMILES string of the molecule is CN(C)C(=O)CN=C(NC1CC1)N1CCc2ccc(F)cc2C1.I. The Bertz CT molecular complexity index is 631.